The zero-order valence-corrected chi connectivity index (χ0v) is 10.7. The molecule has 3 heteroatoms. The largest absolute Gasteiger partial charge is 0.398 e. The summed E-state index contributed by atoms with van der Waals surface area (Å²) < 4.78 is 0. The highest BCUT2D eigenvalue weighted by Crippen LogP contribution is 2.15. The van der Waals surface area contributed by atoms with Gasteiger partial charge in [-0.15, -0.1) is 0 Å². The maximum Gasteiger partial charge on any atom is 0.0415 e. The highest BCUT2D eigenvalue weighted by Gasteiger charge is 2.05. The van der Waals surface area contributed by atoms with Crippen molar-refractivity contribution in [2.24, 2.45) is 0 Å². The average molecular weight is 220 g/mol. The number of nitrogens with two attached hydrogens (primary N) is 1. The Morgan fingerprint density at radius 3 is 2.56 bits per heavy atom. The van der Waals surface area contributed by atoms with E-state index in [2.05, 4.69) is 43.8 Å². The Balaban J connectivity index is 2.49. The molecule has 3 nitrogen and oxygen atoms in total. The minimum absolute atomic E-state index is 0.586. The molecule has 0 amide bonds. The molecular formula is C13H22N3. The summed E-state index contributed by atoms with van der Waals surface area (Å²) >= 11 is 0. The van der Waals surface area contributed by atoms with E-state index in [4.69, 9.17) is 5.73 Å². The van der Waals surface area contributed by atoms with Gasteiger partial charge in [-0.25, -0.2) is 0 Å². The quantitative estimate of drug-likeness (QED) is 0.769. The van der Waals surface area contributed by atoms with Gasteiger partial charge in [0.15, 0.2) is 0 Å². The molecule has 0 aromatic heterocycles. The van der Waals surface area contributed by atoms with Crippen LogP contribution in [0.5, 0.6) is 0 Å². The minimum atomic E-state index is 0.586. The van der Waals surface area contributed by atoms with Gasteiger partial charge < -0.3 is 15.5 Å². The number of nitrogen functional groups attached to an aromatic ring is 1. The predicted octanol–water partition coefficient (Wildman–Crippen LogP) is 1.85. The van der Waals surface area contributed by atoms with Crippen LogP contribution in [0.4, 0.5) is 11.4 Å². The van der Waals surface area contributed by atoms with Crippen LogP contribution < -0.4 is 10.6 Å². The molecule has 0 aliphatic heterocycles. The van der Waals surface area contributed by atoms with E-state index in [-0.39, 0.29) is 0 Å². The number of hydrogen-bond acceptors (Lipinski definition) is 3. The van der Waals surface area contributed by atoms with E-state index in [0.717, 1.165) is 18.8 Å². The van der Waals surface area contributed by atoms with Gasteiger partial charge in [0.25, 0.3) is 0 Å². The van der Waals surface area contributed by atoms with E-state index in [9.17, 15) is 0 Å². The van der Waals surface area contributed by atoms with Crippen LogP contribution in [-0.4, -0.2) is 38.1 Å². The summed E-state index contributed by atoms with van der Waals surface area (Å²) in [4.78, 5) is 4.54. The molecule has 0 saturated heterocycles. The molecule has 0 bridgehead atoms. The Bertz CT molecular complexity index is 323. The Labute approximate surface area is 98.8 Å². The monoisotopic (exact) mass is 220 g/mol. The van der Waals surface area contributed by atoms with Crippen molar-refractivity contribution < 1.29 is 0 Å². The van der Waals surface area contributed by atoms with Gasteiger partial charge in [-0.2, -0.15) is 0 Å². The van der Waals surface area contributed by atoms with Crippen LogP contribution >= 0.6 is 0 Å². The molecule has 0 aliphatic rings. The molecule has 1 radical (unpaired) electrons. The number of benzene rings is 1. The van der Waals surface area contributed by atoms with Gasteiger partial charge in [0.1, 0.15) is 0 Å². The van der Waals surface area contributed by atoms with Crippen molar-refractivity contribution in [3.05, 3.63) is 24.3 Å². The van der Waals surface area contributed by atoms with E-state index in [1.807, 2.05) is 18.2 Å². The molecule has 0 aliphatic carbocycles. The van der Waals surface area contributed by atoms with Gasteiger partial charge in [0.05, 0.1) is 0 Å². The van der Waals surface area contributed by atoms with Crippen molar-refractivity contribution in [3.8, 4) is 0 Å². The van der Waals surface area contributed by atoms with Crippen LogP contribution in [-0.2, 0) is 0 Å². The maximum absolute atomic E-state index is 5.71. The van der Waals surface area contributed by atoms with Gasteiger partial charge in [-0.05, 0) is 33.0 Å². The summed E-state index contributed by atoms with van der Waals surface area (Å²) in [6.45, 7) is 6.45. The summed E-state index contributed by atoms with van der Waals surface area (Å²) in [7, 11) is 4.23. The molecule has 1 aromatic carbocycles. The Morgan fingerprint density at radius 2 is 2.00 bits per heavy atom. The summed E-state index contributed by atoms with van der Waals surface area (Å²) in [6, 6.07) is 9.39. The first-order valence-electron chi connectivity index (χ1n) is 5.69. The van der Waals surface area contributed by atoms with Gasteiger partial charge in [0.2, 0.25) is 0 Å². The number of anilines is 2. The van der Waals surface area contributed by atoms with Gasteiger partial charge >= 0.3 is 0 Å². The smallest absolute Gasteiger partial charge is 0.0415 e. The molecule has 1 aromatic rings. The second-order valence-electron chi connectivity index (χ2n) is 4.50. The van der Waals surface area contributed by atoms with Crippen LogP contribution in [0.25, 0.3) is 0 Å². The fourth-order valence-electron chi connectivity index (χ4n) is 1.40. The molecule has 2 N–H and O–H groups in total. The summed E-state index contributed by atoms with van der Waals surface area (Å²) in [5.41, 5.74) is 7.55. The third kappa shape index (κ3) is 3.74. The van der Waals surface area contributed by atoms with Crippen molar-refractivity contribution in [2.75, 3.05) is 37.8 Å². The molecule has 0 unspecified atom stereocenters. The molecule has 0 atom stereocenters. The Kier molecular flexibility index (Phi) is 4.62. The Hall–Kier alpha value is -1.22. The third-order valence-corrected chi connectivity index (χ3v) is 2.92. The van der Waals surface area contributed by atoms with Crippen molar-refractivity contribution in [1.82, 2.24) is 4.90 Å². The number of hydrogen-bond donors (Lipinski definition) is 1. The summed E-state index contributed by atoms with van der Waals surface area (Å²) in [6.07, 6.45) is 0. The summed E-state index contributed by atoms with van der Waals surface area (Å²) in [5, 5.41) is 0. The van der Waals surface area contributed by atoms with Crippen LogP contribution in [0.2, 0.25) is 0 Å². The number of likely N-dealkylation sites (N-methyl/N-ethyl adjacent to an activating group) is 2. The highest BCUT2D eigenvalue weighted by atomic mass is 15.2. The molecular weight excluding hydrogens is 198 g/mol. The molecule has 0 heterocycles. The molecule has 0 fully saturated rings. The van der Waals surface area contributed by atoms with Crippen LogP contribution in [0.1, 0.15) is 13.8 Å². The lowest BCUT2D eigenvalue weighted by atomic mass is 10.2. The van der Waals surface area contributed by atoms with Gasteiger partial charge in [-0.1, -0.05) is 6.07 Å². The number of nitrogens with zero attached hydrogens (tertiary/aromatic N) is 2. The zero-order chi connectivity index (χ0) is 12.1. The van der Waals surface area contributed by atoms with Gasteiger partial charge in [0, 0.05) is 43.6 Å². The first kappa shape index (κ1) is 12.8. The van der Waals surface area contributed by atoms with E-state index < -0.39 is 0 Å². The second kappa shape index (κ2) is 5.75. The maximum atomic E-state index is 5.71. The van der Waals surface area contributed by atoms with Crippen molar-refractivity contribution in [1.29, 1.82) is 0 Å². The SMILES string of the molecule is CC(C)N(C)CCN(C)c1cc[c]c(N)c1. The third-order valence-electron chi connectivity index (χ3n) is 2.92. The van der Waals surface area contributed by atoms with Crippen molar-refractivity contribution >= 4 is 11.4 Å². The van der Waals surface area contributed by atoms with E-state index in [1.54, 1.807) is 0 Å². The van der Waals surface area contributed by atoms with Crippen LogP contribution in [0, 0.1) is 6.07 Å². The topological polar surface area (TPSA) is 32.5 Å². The lowest BCUT2D eigenvalue weighted by Gasteiger charge is -2.26. The average Bonchev–Trinajstić information content (AvgIpc) is 2.25. The fraction of sp³-hybridized carbons (Fsp3) is 0.538. The van der Waals surface area contributed by atoms with Gasteiger partial charge in [-0.3, -0.25) is 0 Å². The molecule has 1 rings (SSSR count). The minimum Gasteiger partial charge on any atom is -0.398 e. The predicted molar refractivity (Wildman–Crippen MR) is 70.7 cm³/mol. The number of rotatable bonds is 5. The second-order valence-corrected chi connectivity index (χ2v) is 4.50. The lowest BCUT2D eigenvalue weighted by Crippen LogP contribution is -2.34. The molecule has 0 saturated carbocycles. The van der Waals surface area contributed by atoms with Crippen molar-refractivity contribution in [2.45, 2.75) is 19.9 Å². The molecule has 16 heavy (non-hydrogen) atoms. The van der Waals surface area contributed by atoms with Crippen molar-refractivity contribution in [3.63, 3.8) is 0 Å². The first-order chi connectivity index (χ1) is 7.50. The van der Waals surface area contributed by atoms with E-state index in [0.29, 0.717) is 11.7 Å². The zero-order valence-electron chi connectivity index (χ0n) is 10.7. The summed E-state index contributed by atoms with van der Waals surface area (Å²) in [5.74, 6) is 0. The highest BCUT2D eigenvalue weighted by molar-refractivity contribution is 5.54. The molecule has 0 spiro atoms. The normalized spacial score (nSPS) is 11.1. The van der Waals surface area contributed by atoms with Crippen LogP contribution in [0.15, 0.2) is 18.2 Å². The molecule has 89 valence electrons. The first-order valence-corrected chi connectivity index (χ1v) is 5.69. The lowest BCUT2D eigenvalue weighted by molar-refractivity contribution is 0.280. The Morgan fingerprint density at radius 1 is 1.31 bits per heavy atom. The van der Waals surface area contributed by atoms with Crippen LogP contribution in [0.3, 0.4) is 0 Å². The van der Waals surface area contributed by atoms with E-state index >= 15 is 0 Å². The fourth-order valence-corrected chi connectivity index (χ4v) is 1.40. The van der Waals surface area contributed by atoms with E-state index in [1.165, 1.54) is 0 Å². The standard InChI is InChI=1S/C13H22N3/c1-11(2)15(3)8-9-16(4)13-7-5-6-12(14)10-13/h5,7,10-11H,8-9,14H2,1-4H3.